The molecule has 0 amide bonds. The Balaban J connectivity index is 1.83. The maximum Gasteiger partial charge on any atom is 0.102 e. The minimum atomic E-state index is -0.330. The van der Waals surface area contributed by atoms with E-state index in [0.29, 0.717) is 11.5 Å². The maximum absolute atomic E-state index is 9.18. The zero-order valence-electron chi connectivity index (χ0n) is 7.84. The van der Waals surface area contributed by atoms with Gasteiger partial charge in [0.15, 0.2) is 0 Å². The van der Waals surface area contributed by atoms with Crippen molar-refractivity contribution < 1.29 is 5.11 Å². The summed E-state index contributed by atoms with van der Waals surface area (Å²) in [5.41, 5.74) is 0.713. The molecule has 2 heteroatoms. The number of aliphatic hydroxyl groups excluding tert-OH is 1. The van der Waals surface area contributed by atoms with E-state index in [9.17, 15) is 5.11 Å². The first-order valence-electron chi connectivity index (χ1n) is 5.14. The third-order valence-corrected chi connectivity index (χ3v) is 3.37. The summed E-state index contributed by atoms with van der Waals surface area (Å²) in [6, 6.07) is 0.584. The van der Waals surface area contributed by atoms with Crippen LogP contribution in [0.2, 0.25) is 0 Å². The lowest BCUT2D eigenvalue weighted by Gasteiger charge is -2.30. The number of rotatable bonds is 2. The summed E-state index contributed by atoms with van der Waals surface area (Å²) in [6.07, 6.45) is 7.89. The fourth-order valence-electron chi connectivity index (χ4n) is 2.56. The molecule has 0 heterocycles. The standard InChI is InChI=1S/C10H19NO/c1-8(12)11-9-3-2-4-10(7-9)5-6-10/h8-9,11-12H,2-7H2,1H3. The molecular formula is C10H19NO. The Morgan fingerprint density at radius 2 is 2.17 bits per heavy atom. The van der Waals surface area contributed by atoms with Crippen LogP contribution in [0.25, 0.3) is 0 Å². The molecule has 2 fully saturated rings. The van der Waals surface area contributed by atoms with Gasteiger partial charge in [-0.2, -0.15) is 0 Å². The van der Waals surface area contributed by atoms with Gasteiger partial charge in [0.2, 0.25) is 0 Å². The lowest BCUT2D eigenvalue weighted by Crippen LogP contribution is -2.40. The molecule has 0 aromatic carbocycles. The zero-order valence-corrected chi connectivity index (χ0v) is 7.84. The molecule has 0 radical (unpaired) electrons. The minimum Gasteiger partial charge on any atom is -0.379 e. The zero-order chi connectivity index (χ0) is 8.60. The summed E-state index contributed by atoms with van der Waals surface area (Å²) >= 11 is 0. The Labute approximate surface area is 74.4 Å². The van der Waals surface area contributed by atoms with Crippen molar-refractivity contribution in [2.45, 2.75) is 57.7 Å². The minimum absolute atomic E-state index is 0.330. The van der Waals surface area contributed by atoms with Crippen molar-refractivity contribution in [3.63, 3.8) is 0 Å². The van der Waals surface area contributed by atoms with Crippen molar-refractivity contribution in [3.8, 4) is 0 Å². The third kappa shape index (κ3) is 1.80. The lowest BCUT2D eigenvalue weighted by molar-refractivity contribution is 0.119. The average molecular weight is 169 g/mol. The molecule has 2 aliphatic carbocycles. The van der Waals surface area contributed by atoms with E-state index in [1.807, 2.05) is 6.92 Å². The van der Waals surface area contributed by atoms with Gasteiger partial charge in [0.05, 0.1) is 0 Å². The van der Waals surface area contributed by atoms with E-state index >= 15 is 0 Å². The van der Waals surface area contributed by atoms with Crippen LogP contribution in [0.5, 0.6) is 0 Å². The van der Waals surface area contributed by atoms with Gasteiger partial charge in [0.1, 0.15) is 6.23 Å². The molecule has 2 unspecified atom stereocenters. The normalized spacial score (nSPS) is 35.0. The van der Waals surface area contributed by atoms with Crippen molar-refractivity contribution in [1.29, 1.82) is 0 Å². The van der Waals surface area contributed by atoms with Crippen molar-refractivity contribution in [1.82, 2.24) is 5.32 Å². The molecule has 0 aromatic heterocycles. The van der Waals surface area contributed by atoms with Gasteiger partial charge in [-0.15, -0.1) is 0 Å². The second-order valence-electron chi connectivity index (χ2n) is 4.64. The molecule has 0 saturated heterocycles. The fraction of sp³-hybridized carbons (Fsp3) is 1.00. The smallest absolute Gasteiger partial charge is 0.102 e. The van der Waals surface area contributed by atoms with E-state index in [1.54, 1.807) is 0 Å². The van der Waals surface area contributed by atoms with Crippen LogP contribution in [0.15, 0.2) is 0 Å². The van der Waals surface area contributed by atoms with Crippen molar-refractivity contribution in [3.05, 3.63) is 0 Å². The van der Waals surface area contributed by atoms with Gasteiger partial charge in [0.25, 0.3) is 0 Å². The predicted molar refractivity (Wildman–Crippen MR) is 48.7 cm³/mol. The Bertz CT molecular complexity index is 163. The second kappa shape index (κ2) is 3.00. The highest BCUT2D eigenvalue weighted by molar-refractivity contribution is 4.98. The quantitative estimate of drug-likeness (QED) is 0.616. The molecule has 0 bridgehead atoms. The summed E-state index contributed by atoms with van der Waals surface area (Å²) in [4.78, 5) is 0. The van der Waals surface area contributed by atoms with Gasteiger partial charge in [0, 0.05) is 6.04 Å². The number of aliphatic hydroxyl groups is 1. The van der Waals surface area contributed by atoms with E-state index in [0.717, 1.165) is 0 Å². The Hall–Kier alpha value is -0.0800. The van der Waals surface area contributed by atoms with E-state index in [4.69, 9.17) is 0 Å². The molecule has 2 atom stereocenters. The summed E-state index contributed by atoms with van der Waals surface area (Å²) in [5.74, 6) is 0. The van der Waals surface area contributed by atoms with E-state index < -0.39 is 0 Å². The molecule has 0 aliphatic heterocycles. The van der Waals surface area contributed by atoms with E-state index in [2.05, 4.69) is 5.32 Å². The van der Waals surface area contributed by atoms with Crippen LogP contribution in [0.3, 0.4) is 0 Å². The van der Waals surface area contributed by atoms with Crippen molar-refractivity contribution >= 4 is 0 Å². The number of hydrogen-bond donors (Lipinski definition) is 2. The first-order valence-corrected chi connectivity index (χ1v) is 5.14. The molecule has 0 aromatic rings. The van der Waals surface area contributed by atoms with Crippen LogP contribution in [0, 0.1) is 5.41 Å². The largest absolute Gasteiger partial charge is 0.379 e. The Morgan fingerprint density at radius 3 is 2.75 bits per heavy atom. The highest BCUT2D eigenvalue weighted by Gasteiger charge is 2.45. The summed E-state index contributed by atoms with van der Waals surface area (Å²) in [6.45, 7) is 1.81. The fourth-order valence-corrected chi connectivity index (χ4v) is 2.56. The van der Waals surface area contributed by atoms with Gasteiger partial charge in [-0.05, 0) is 44.4 Å². The Morgan fingerprint density at radius 1 is 1.42 bits per heavy atom. The van der Waals surface area contributed by atoms with Crippen LogP contribution in [-0.4, -0.2) is 17.4 Å². The van der Waals surface area contributed by atoms with Gasteiger partial charge >= 0.3 is 0 Å². The number of nitrogens with one attached hydrogen (secondary N) is 1. The molecule has 2 saturated carbocycles. The predicted octanol–water partition coefficient (Wildman–Crippen LogP) is 1.64. The second-order valence-corrected chi connectivity index (χ2v) is 4.64. The maximum atomic E-state index is 9.18. The highest BCUT2D eigenvalue weighted by Crippen LogP contribution is 2.56. The van der Waals surface area contributed by atoms with Crippen LogP contribution in [0.1, 0.15) is 45.4 Å². The number of hydrogen-bond acceptors (Lipinski definition) is 2. The summed E-state index contributed by atoms with van der Waals surface area (Å²) in [7, 11) is 0. The van der Waals surface area contributed by atoms with Gasteiger partial charge in [-0.1, -0.05) is 6.42 Å². The topological polar surface area (TPSA) is 32.3 Å². The van der Waals surface area contributed by atoms with Gasteiger partial charge in [-0.3, -0.25) is 5.32 Å². The molecule has 2 rings (SSSR count). The molecular weight excluding hydrogens is 150 g/mol. The molecule has 2 N–H and O–H groups in total. The first kappa shape index (κ1) is 8.52. The first-order chi connectivity index (χ1) is 5.70. The van der Waals surface area contributed by atoms with Crippen LogP contribution >= 0.6 is 0 Å². The molecule has 2 aliphatic rings. The van der Waals surface area contributed by atoms with Crippen molar-refractivity contribution in [2.24, 2.45) is 5.41 Å². The third-order valence-electron chi connectivity index (χ3n) is 3.37. The van der Waals surface area contributed by atoms with E-state index in [1.165, 1.54) is 38.5 Å². The molecule has 1 spiro atoms. The average Bonchev–Trinajstić information content (AvgIpc) is 2.68. The van der Waals surface area contributed by atoms with Crippen LogP contribution < -0.4 is 5.32 Å². The monoisotopic (exact) mass is 169 g/mol. The van der Waals surface area contributed by atoms with Gasteiger partial charge < -0.3 is 5.11 Å². The van der Waals surface area contributed by atoms with Crippen LogP contribution in [0.4, 0.5) is 0 Å². The molecule has 70 valence electrons. The van der Waals surface area contributed by atoms with Crippen molar-refractivity contribution in [2.75, 3.05) is 0 Å². The SMILES string of the molecule is CC(O)NC1CCCC2(CC2)C1. The van der Waals surface area contributed by atoms with E-state index in [-0.39, 0.29) is 6.23 Å². The van der Waals surface area contributed by atoms with Crippen LogP contribution in [-0.2, 0) is 0 Å². The molecule has 2 nitrogen and oxygen atoms in total. The molecule has 12 heavy (non-hydrogen) atoms. The van der Waals surface area contributed by atoms with Gasteiger partial charge in [-0.25, -0.2) is 0 Å². The lowest BCUT2D eigenvalue weighted by atomic mass is 9.83. The Kier molecular flexibility index (Phi) is 2.13. The summed E-state index contributed by atoms with van der Waals surface area (Å²) < 4.78 is 0. The summed E-state index contributed by atoms with van der Waals surface area (Å²) in [5, 5.41) is 12.4. The highest BCUT2D eigenvalue weighted by atomic mass is 16.3.